The summed E-state index contributed by atoms with van der Waals surface area (Å²) in [6.45, 7) is 2.02. The Bertz CT molecular complexity index is 193. The van der Waals surface area contributed by atoms with Gasteiger partial charge in [-0.05, 0) is 12.8 Å². The highest BCUT2D eigenvalue weighted by Gasteiger charge is 2.48. The number of nitrogens with one attached hydrogen (secondary N) is 1. The van der Waals surface area contributed by atoms with Crippen LogP contribution in [0.25, 0.3) is 0 Å². The van der Waals surface area contributed by atoms with Crippen molar-refractivity contribution in [3.63, 3.8) is 0 Å². The van der Waals surface area contributed by atoms with E-state index in [4.69, 9.17) is 9.94 Å². The third kappa shape index (κ3) is 1.05. The summed E-state index contributed by atoms with van der Waals surface area (Å²) >= 11 is 0. The van der Waals surface area contributed by atoms with Gasteiger partial charge in [-0.2, -0.15) is 0 Å². The molecule has 2 heterocycles. The largest absolute Gasteiger partial charge is 0.371 e. The summed E-state index contributed by atoms with van der Waals surface area (Å²) in [5, 5.41) is 8.32. The number of amides is 2. The fourth-order valence-electron chi connectivity index (χ4n) is 1.87. The van der Waals surface area contributed by atoms with Gasteiger partial charge in [0.25, 0.3) is 0 Å². The molecule has 1 spiro atoms. The van der Waals surface area contributed by atoms with Gasteiger partial charge in [0.15, 0.2) is 0 Å². The maximum absolute atomic E-state index is 10.8. The average Bonchev–Trinajstić information content (AvgIpc) is 2.48. The zero-order valence-electron chi connectivity index (χ0n) is 6.75. The molecule has 0 aromatic rings. The lowest BCUT2D eigenvalue weighted by atomic mass is 9.91. The normalized spacial score (nSPS) is 25.6. The number of carbonyl (C=O) groups excluding carboxylic acids is 1. The molecule has 2 fully saturated rings. The highest BCUT2D eigenvalue weighted by Crippen LogP contribution is 2.34. The number of hydroxylamine groups is 1. The molecular formula is C7H12N2O3. The maximum atomic E-state index is 10.8. The summed E-state index contributed by atoms with van der Waals surface area (Å²) in [5.74, 6) is 0. The number of nitrogens with zero attached hydrogens (tertiary/aromatic N) is 1. The summed E-state index contributed by atoms with van der Waals surface area (Å²) in [7, 11) is 0. The molecule has 2 aliphatic rings. The summed E-state index contributed by atoms with van der Waals surface area (Å²) < 4.78 is 5.50. The SMILES string of the molecule is O=C(NO)N1CC2(CCCO2)C1. The van der Waals surface area contributed by atoms with Crippen LogP contribution in [0.4, 0.5) is 4.79 Å². The second-order valence-corrected chi connectivity index (χ2v) is 3.41. The number of hydrogen-bond acceptors (Lipinski definition) is 3. The molecule has 12 heavy (non-hydrogen) atoms. The first kappa shape index (κ1) is 7.82. The number of ether oxygens (including phenoxy) is 1. The molecule has 5 nitrogen and oxygen atoms in total. The van der Waals surface area contributed by atoms with E-state index >= 15 is 0 Å². The summed E-state index contributed by atoms with van der Waals surface area (Å²) in [5.41, 5.74) is 1.53. The van der Waals surface area contributed by atoms with E-state index in [1.807, 2.05) is 0 Å². The smallest absolute Gasteiger partial charge is 0.341 e. The van der Waals surface area contributed by atoms with Crippen molar-refractivity contribution in [1.29, 1.82) is 0 Å². The Morgan fingerprint density at radius 3 is 2.83 bits per heavy atom. The molecule has 0 aliphatic carbocycles. The summed E-state index contributed by atoms with van der Waals surface area (Å²) in [6, 6.07) is -0.434. The summed E-state index contributed by atoms with van der Waals surface area (Å²) in [4.78, 5) is 12.4. The van der Waals surface area contributed by atoms with Crippen molar-refractivity contribution in [2.24, 2.45) is 0 Å². The van der Waals surface area contributed by atoms with Crippen LogP contribution in [0.15, 0.2) is 0 Å². The van der Waals surface area contributed by atoms with E-state index in [2.05, 4.69) is 0 Å². The van der Waals surface area contributed by atoms with E-state index in [-0.39, 0.29) is 5.60 Å². The van der Waals surface area contributed by atoms with Crippen molar-refractivity contribution in [3.8, 4) is 0 Å². The molecule has 0 atom stereocenters. The van der Waals surface area contributed by atoms with Crippen molar-refractivity contribution in [1.82, 2.24) is 10.4 Å². The molecule has 2 amide bonds. The number of hydrogen-bond donors (Lipinski definition) is 2. The number of likely N-dealkylation sites (tertiary alicyclic amines) is 1. The van der Waals surface area contributed by atoms with Crippen molar-refractivity contribution in [2.75, 3.05) is 19.7 Å². The van der Waals surface area contributed by atoms with Crippen molar-refractivity contribution >= 4 is 6.03 Å². The number of rotatable bonds is 0. The van der Waals surface area contributed by atoms with E-state index in [0.717, 1.165) is 19.4 Å². The Kier molecular flexibility index (Phi) is 1.69. The van der Waals surface area contributed by atoms with E-state index in [9.17, 15) is 4.79 Å². The maximum Gasteiger partial charge on any atom is 0.341 e. The molecule has 2 aliphatic heterocycles. The topological polar surface area (TPSA) is 61.8 Å². The van der Waals surface area contributed by atoms with Gasteiger partial charge in [-0.25, -0.2) is 10.3 Å². The monoisotopic (exact) mass is 172 g/mol. The lowest BCUT2D eigenvalue weighted by molar-refractivity contribution is -0.0947. The lowest BCUT2D eigenvalue weighted by Crippen LogP contribution is -2.64. The molecule has 2 saturated heterocycles. The van der Waals surface area contributed by atoms with Crippen LogP contribution in [0.2, 0.25) is 0 Å². The zero-order chi connectivity index (χ0) is 8.60. The molecule has 0 aromatic heterocycles. The van der Waals surface area contributed by atoms with Crippen LogP contribution >= 0.6 is 0 Å². The van der Waals surface area contributed by atoms with Gasteiger partial charge >= 0.3 is 6.03 Å². The van der Waals surface area contributed by atoms with Gasteiger partial charge in [-0.3, -0.25) is 5.21 Å². The Labute approximate surface area is 70.3 Å². The van der Waals surface area contributed by atoms with Gasteiger partial charge in [-0.15, -0.1) is 0 Å². The molecule has 0 aromatic carbocycles. The van der Waals surface area contributed by atoms with Crippen LogP contribution in [0.3, 0.4) is 0 Å². The van der Waals surface area contributed by atoms with E-state index in [0.29, 0.717) is 13.1 Å². The van der Waals surface area contributed by atoms with Gasteiger partial charge in [0, 0.05) is 6.61 Å². The minimum atomic E-state index is -0.434. The summed E-state index contributed by atoms with van der Waals surface area (Å²) in [6.07, 6.45) is 2.11. The van der Waals surface area contributed by atoms with Crippen LogP contribution in [0.1, 0.15) is 12.8 Å². The van der Waals surface area contributed by atoms with Gasteiger partial charge in [0.05, 0.1) is 13.1 Å². The highest BCUT2D eigenvalue weighted by molar-refractivity contribution is 5.74. The van der Waals surface area contributed by atoms with Gasteiger partial charge in [0.1, 0.15) is 5.60 Å². The number of carbonyl (C=O) groups is 1. The quantitative estimate of drug-likeness (QED) is 0.398. The standard InChI is InChI=1S/C7H12N2O3/c10-6(8-11)9-4-7(5-9)2-1-3-12-7/h11H,1-5H2,(H,8,10). The molecule has 2 N–H and O–H groups in total. The second-order valence-electron chi connectivity index (χ2n) is 3.41. The highest BCUT2D eigenvalue weighted by atomic mass is 16.5. The first-order chi connectivity index (χ1) is 5.76. The fourth-order valence-corrected chi connectivity index (χ4v) is 1.87. The van der Waals surface area contributed by atoms with Gasteiger partial charge in [0.2, 0.25) is 0 Å². The molecule has 68 valence electrons. The molecule has 0 bridgehead atoms. The predicted octanol–water partition coefficient (Wildman–Crippen LogP) is -0.0500. The van der Waals surface area contributed by atoms with E-state index in [1.54, 1.807) is 5.48 Å². The second kappa shape index (κ2) is 2.60. The molecule has 5 heteroatoms. The van der Waals surface area contributed by atoms with Gasteiger partial charge in [-0.1, -0.05) is 0 Å². The Morgan fingerprint density at radius 1 is 1.58 bits per heavy atom. The first-order valence-electron chi connectivity index (χ1n) is 4.09. The average molecular weight is 172 g/mol. The molecule has 0 saturated carbocycles. The van der Waals surface area contributed by atoms with Gasteiger partial charge < -0.3 is 9.64 Å². The molecule has 0 unspecified atom stereocenters. The first-order valence-corrected chi connectivity index (χ1v) is 4.09. The minimum absolute atomic E-state index is 0.0769. The predicted molar refractivity (Wildman–Crippen MR) is 39.8 cm³/mol. The third-order valence-corrected chi connectivity index (χ3v) is 2.53. The zero-order valence-corrected chi connectivity index (χ0v) is 6.75. The molecule has 2 rings (SSSR count). The van der Waals surface area contributed by atoms with Crippen LogP contribution in [-0.4, -0.2) is 41.4 Å². The Hall–Kier alpha value is -0.810. The van der Waals surface area contributed by atoms with Crippen LogP contribution in [0, 0.1) is 0 Å². The molecule has 0 radical (unpaired) electrons. The van der Waals surface area contributed by atoms with E-state index < -0.39 is 6.03 Å². The van der Waals surface area contributed by atoms with E-state index in [1.165, 1.54) is 4.90 Å². The van der Waals surface area contributed by atoms with Crippen LogP contribution < -0.4 is 5.48 Å². The Morgan fingerprint density at radius 2 is 2.33 bits per heavy atom. The fraction of sp³-hybridized carbons (Fsp3) is 0.857. The molecular weight excluding hydrogens is 160 g/mol. The lowest BCUT2D eigenvalue weighted by Gasteiger charge is -2.46. The number of urea groups is 1. The Balaban J connectivity index is 1.86. The third-order valence-electron chi connectivity index (χ3n) is 2.53. The van der Waals surface area contributed by atoms with Crippen molar-refractivity contribution in [2.45, 2.75) is 18.4 Å². The van der Waals surface area contributed by atoms with Crippen LogP contribution in [-0.2, 0) is 4.74 Å². The minimum Gasteiger partial charge on any atom is -0.371 e. The van der Waals surface area contributed by atoms with Crippen LogP contribution in [0.5, 0.6) is 0 Å². The van der Waals surface area contributed by atoms with Crippen molar-refractivity contribution < 1.29 is 14.7 Å². The van der Waals surface area contributed by atoms with Crippen molar-refractivity contribution in [3.05, 3.63) is 0 Å².